The summed E-state index contributed by atoms with van der Waals surface area (Å²) in [5.74, 6) is -1.84. The quantitative estimate of drug-likeness (QED) is 0.668. The number of aromatic nitrogens is 3. The van der Waals surface area contributed by atoms with E-state index in [0.717, 1.165) is 12.1 Å². The van der Waals surface area contributed by atoms with Crippen LogP contribution in [0.5, 0.6) is 0 Å². The van der Waals surface area contributed by atoms with Crippen molar-refractivity contribution < 1.29 is 8.78 Å². The Kier molecular flexibility index (Phi) is 3.31. The first-order valence-electron chi connectivity index (χ1n) is 5.65. The first kappa shape index (κ1) is 13.3. The normalized spacial score (nSPS) is 11.2. The highest BCUT2D eigenvalue weighted by molar-refractivity contribution is 6.32. The highest BCUT2D eigenvalue weighted by Gasteiger charge is 2.11. The van der Waals surface area contributed by atoms with Gasteiger partial charge in [-0.1, -0.05) is 29.3 Å². The number of benzene rings is 1. The van der Waals surface area contributed by atoms with Crippen LogP contribution in [0.1, 0.15) is 5.56 Å². The minimum atomic E-state index is -0.922. The molecule has 0 saturated heterocycles. The highest BCUT2D eigenvalue weighted by atomic mass is 35.5. The molecule has 0 aliphatic heterocycles. The Morgan fingerprint density at radius 3 is 2.60 bits per heavy atom. The molecule has 2 heterocycles. The summed E-state index contributed by atoms with van der Waals surface area (Å²) in [6.07, 6.45) is 1.49. The minimum absolute atomic E-state index is 0.266. The van der Waals surface area contributed by atoms with Gasteiger partial charge in [0.15, 0.2) is 11.6 Å². The molecule has 20 heavy (non-hydrogen) atoms. The first-order chi connectivity index (χ1) is 9.54. The van der Waals surface area contributed by atoms with E-state index in [4.69, 9.17) is 23.2 Å². The van der Waals surface area contributed by atoms with Crippen LogP contribution in [0.4, 0.5) is 8.78 Å². The Balaban J connectivity index is 2.04. The van der Waals surface area contributed by atoms with Crippen molar-refractivity contribution in [2.75, 3.05) is 0 Å². The van der Waals surface area contributed by atoms with Gasteiger partial charge in [-0.3, -0.25) is 0 Å². The maximum atomic E-state index is 13.3. The molecule has 0 aliphatic rings. The molecule has 0 bridgehead atoms. The smallest absolute Gasteiger partial charge is 0.161 e. The third-order valence-corrected chi connectivity index (χ3v) is 3.43. The Bertz CT molecular complexity index is 802. The van der Waals surface area contributed by atoms with Crippen LogP contribution in [0, 0.1) is 11.6 Å². The van der Waals surface area contributed by atoms with E-state index in [9.17, 15) is 8.78 Å². The van der Waals surface area contributed by atoms with Crippen LogP contribution in [0.15, 0.2) is 30.6 Å². The van der Waals surface area contributed by atoms with Crippen LogP contribution >= 0.6 is 23.2 Å². The van der Waals surface area contributed by atoms with E-state index < -0.39 is 11.6 Å². The molecule has 0 unspecified atom stereocenters. The fourth-order valence-corrected chi connectivity index (χ4v) is 2.33. The van der Waals surface area contributed by atoms with Crippen LogP contribution in [0.25, 0.3) is 11.0 Å². The van der Waals surface area contributed by atoms with E-state index >= 15 is 0 Å². The molecule has 0 fully saturated rings. The second-order valence-corrected chi connectivity index (χ2v) is 4.96. The Hall–Kier alpha value is -1.72. The van der Waals surface area contributed by atoms with E-state index in [-0.39, 0.29) is 5.15 Å². The van der Waals surface area contributed by atoms with Crippen LogP contribution < -0.4 is 0 Å². The molecule has 102 valence electrons. The average Bonchev–Trinajstić information content (AvgIpc) is 2.76. The van der Waals surface area contributed by atoms with Crippen molar-refractivity contribution in [3.63, 3.8) is 0 Å². The number of nitrogens with zero attached hydrogens (tertiary/aromatic N) is 3. The van der Waals surface area contributed by atoms with E-state index in [0.29, 0.717) is 28.3 Å². The molecule has 3 rings (SSSR count). The van der Waals surface area contributed by atoms with Gasteiger partial charge in [0.2, 0.25) is 0 Å². The Morgan fingerprint density at radius 2 is 1.85 bits per heavy atom. The van der Waals surface area contributed by atoms with Crippen molar-refractivity contribution in [2.45, 2.75) is 6.54 Å². The first-order valence-corrected chi connectivity index (χ1v) is 6.41. The third-order valence-electron chi connectivity index (χ3n) is 2.90. The molecule has 0 amide bonds. The lowest BCUT2D eigenvalue weighted by Gasteiger charge is -2.06. The summed E-state index contributed by atoms with van der Waals surface area (Å²) in [5.41, 5.74) is 1.57. The summed E-state index contributed by atoms with van der Waals surface area (Å²) >= 11 is 11.7. The zero-order chi connectivity index (χ0) is 14.3. The number of rotatable bonds is 2. The van der Waals surface area contributed by atoms with Gasteiger partial charge in [-0.25, -0.2) is 18.7 Å². The summed E-state index contributed by atoms with van der Waals surface area (Å²) in [6.45, 7) is 0.338. The maximum absolute atomic E-state index is 13.3. The van der Waals surface area contributed by atoms with Crippen LogP contribution in [-0.4, -0.2) is 14.5 Å². The third kappa shape index (κ3) is 2.34. The molecule has 0 spiro atoms. The van der Waals surface area contributed by atoms with Gasteiger partial charge in [0.25, 0.3) is 0 Å². The van der Waals surface area contributed by atoms with Crippen molar-refractivity contribution in [2.24, 2.45) is 0 Å². The number of fused-ring (bicyclic) bond motifs is 1. The van der Waals surface area contributed by atoms with Gasteiger partial charge >= 0.3 is 0 Å². The fraction of sp³-hybridized carbons (Fsp3) is 0.0769. The number of hydrogen-bond donors (Lipinski definition) is 0. The predicted molar refractivity (Wildman–Crippen MR) is 73.0 cm³/mol. The largest absolute Gasteiger partial charge is 0.326 e. The lowest BCUT2D eigenvalue weighted by molar-refractivity contribution is 0.510. The summed E-state index contributed by atoms with van der Waals surface area (Å²) in [6, 6.07) is 5.50. The van der Waals surface area contributed by atoms with Gasteiger partial charge < -0.3 is 4.57 Å². The van der Waals surface area contributed by atoms with Crippen molar-refractivity contribution >= 4 is 34.2 Å². The molecule has 3 nitrogen and oxygen atoms in total. The lowest BCUT2D eigenvalue weighted by Crippen LogP contribution is -2.00. The zero-order valence-electron chi connectivity index (χ0n) is 9.95. The van der Waals surface area contributed by atoms with E-state index in [1.165, 1.54) is 6.33 Å². The molecule has 1 aromatic carbocycles. The summed E-state index contributed by atoms with van der Waals surface area (Å²) < 4.78 is 28.1. The van der Waals surface area contributed by atoms with Gasteiger partial charge in [0.05, 0.1) is 23.9 Å². The summed E-state index contributed by atoms with van der Waals surface area (Å²) in [7, 11) is 0. The van der Waals surface area contributed by atoms with Gasteiger partial charge in [-0.05, 0) is 6.07 Å². The van der Waals surface area contributed by atoms with Gasteiger partial charge in [0, 0.05) is 17.7 Å². The van der Waals surface area contributed by atoms with Crippen LogP contribution in [0.2, 0.25) is 10.3 Å². The molecule has 7 heteroatoms. The van der Waals surface area contributed by atoms with E-state index in [1.54, 1.807) is 16.7 Å². The molecular formula is C13H7Cl2F2N3. The van der Waals surface area contributed by atoms with Crippen LogP contribution in [-0.2, 0) is 6.54 Å². The molecule has 0 atom stereocenters. The molecule has 0 aliphatic carbocycles. The van der Waals surface area contributed by atoms with Crippen molar-refractivity contribution in [1.82, 2.24) is 14.5 Å². The number of halogens is 4. The zero-order valence-corrected chi connectivity index (χ0v) is 11.5. The van der Waals surface area contributed by atoms with Crippen molar-refractivity contribution in [3.05, 3.63) is 58.1 Å². The van der Waals surface area contributed by atoms with Gasteiger partial charge in [-0.15, -0.1) is 0 Å². The van der Waals surface area contributed by atoms with Crippen LogP contribution in [0.3, 0.4) is 0 Å². The number of hydrogen-bond acceptors (Lipinski definition) is 2. The van der Waals surface area contributed by atoms with E-state index in [1.807, 2.05) is 0 Å². The number of imidazole rings is 1. The highest BCUT2D eigenvalue weighted by Crippen LogP contribution is 2.21. The second kappa shape index (κ2) is 5.00. The Morgan fingerprint density at radius 1 is 1.10 bits per heavy atom. The molecule has 0 N–H and O–H groups in total. The van der Waals surface area contributed by atoms with E-state index in [2.05, 4.69) is 9.97 Å². The Labute approximate surface area is 122 Å². The number of pyridine rings is 1. The molecular weight excluding hydrogens is 307 g/mol. The summed E-state index contributed by atoms with van der Waals surface area (Å²) in [5, 5.41) is 0.560. The van der Waals surface area contributed by atoms with Gasteiger partial charge in [0.1, 0.15) is 10.3 Å². The van der Waals surface area contributed by atoms with Crippen molar-refractivity contribution in [1.29, 1.82) is 0 Å². The monoisotopic (exact) mass is 313 g/mol. The molecule has 0 radical (unpaired) electrons. The SMILES string of the molecule is Fc1cc2ncn(Cc3ccc(Cl)nc3Cl)c2cc1F. The standard InChI is InChI=1S/C13H7Cl2F2N3/c14-12-2-1-7(13(15)19-12)5-20-6-18-10-3-8(16)9(17)4-11(10)20/h1-4,6H,5H2. The average molecular weight is 314 g/mol. The fourth-order valence-electron chi connectivity index (χ4n) is 1.92. The van der Waals surface area contributed by atoms with Gasteiger partial charge in [-0.2, -0.15) is 0 Å². The lowest BCUT2D eigenvalue weighted by atomic mass is 10.2. The van der Waals surface area contributed by atoms with Crippen molar-refractivity contribution in [3.8, 4) is 0 Å². The summed E-state index contributed by atoms with van der Waals surface area (Å²) in [4.78, 5) is 7.96. The second-order valence-electron chi connectivity index (χ2n) is 4.21. The molecule has 3 aromatic rings. The minimum Gasteiger partial charge on any atom is -0.326 e. The topological polar surface area (TPSA) is 30.7 Å². The maximum Gasteiger partial charge on any atom is 0.161 e. The predicted octanol–water partition coefficient (Wildman–Crippen LogP) is 4.06. The molecule has 2 aromatic heterocycles. The molecule has 0 saturated carbocycles.